The van der Waals surface area contributed by atoms with Crippen molar-refractivity contribution in [3.8, 4) is 22.8 Å². The number of nitrogens with zero attached hydrogens (tertiary/aromatic N) is 4. The number of phenols is 1. The van der Waals surface area contributed by atoms with Gasteiger partial charge in [0.05, 0.1) is 12.1 Å². The summed E-state index contributed by atoms with van der Waals surface area (Å²) in [5.41, 5.74) is 2.50. The van der Waals surface area contributed by atoms with E-state index in [1.54, 1.807) is 42.7 Å². The van der Waals surface area contributed by atoms with Crippen molar-refractivity contribution < 1.29 is 14.6 Å². The zero-order valence-corrected chi connectivity index (χ0v) is 18.2. The van der Waals surface area contributed by atoms with Crippen molar-refractivity contribution in [2.24, 2.45) is 0 Å². The van der Waals surface area contributed by atoms with E-state index in [0.717, 1.165) is 18.4 Å². The summed E-state index contributed by atoms with van der Waals surface area (Å²) in [6, 6.07) is 16.1. The first kappa shape index (κ1) is 21.5. The van der Waals surface area contributed by atoms with E-state index in [-0.39, 0.29) is 5.75 Å². The summed E-state index contributed by atoms with van der Waals surface area (Å²) >= 11 is 6.33. The molecule has 32 heavy (non-hydrogen) atoms. The second-order valence-corrected chi connectivity index (χ2v) is 7.57. The lowest BCUT2D eigenvalue weighted by atomic mass is 10.1. The van der Waals surface area contributed by atoms with E-state index in [1.165, 1.54) is 11.8 Å². The molecule has 0 fully saturated rings. The molecule has 1 N–H and O–H groups in total. The van der Waals surface area contributed by atoms with Crippen LogP contribution < -0.4 is 0 Å². The van der Waals surface area contributed by atoms with E-state index >= 15 is 0 Å². The SMILES string of the molecule is COC(=O)c1cn(-c2ccnc(CCCc3ccc(O)cc3)n2)nc1-c1ccccc1Cl. The molecule has 0 spiro atoms. The van der Waals surface area contributed by atoms with Gasteiger partial charge in [-0.05, 0) is 36.6 Å². The van der Waals surface area contributed by atoms with Gasteiger partial charge in [0.25, 0.3) is 0 Å². The molecule has 0 aliphatic heterocycles. The quantitative estimate of drug-likeness (QED) is 0.414. The van der Waals surface area contributed by atoms with Gasteiger partial charge in [-0.25, -0.2) is 19.4 Å². The average Bonchev–Trinajstić information content (AvgIpc) is 3.26. The number of carbonyl (C=O) groups is 1. The third kappa shape index (κ3) is 4.78. The molecule has 7 nitrogen and oxygen atoms in total. The van der Waals surface area contributed by atoms with Crippen LogP contribution in [0.4, 0.5) is 0 Å². The maximum atomic E-state index is 12.4. The Hall–Kier alpha value is -3.71. The lowest BCUT2D eigenvalue weighted by Crippen LogP contribution is -2.04. The highest BCUT2D eigenvalue weighted by Crippen LogP contribution is 2.30. The number of hydrogen-bond donors (Lipinski definition) is 1. The first-order valence-electron chi connectivity index (χ1n) is 10.1. The molecule has 2 aromatic carbocycles. The minimum atomic E-state index is -0.505. The van der Waals surface area contributed by atoms with Crippen molar-refractivity contribution in [1.29, 1.82) is 0 Å². The summed E-state index contributed by atoms with van der Waals surface area (Å²) in [6.45, 7) is 0. The predicted octanol–water partition coefficient (Wildman–Crippen LogP) is 4.65. The Morgan fingerprint density at radius 3 is 2.62 bits per heavy atom. The van der Waals surface area contributed by atoms with E-state index in [9.17, 15) is 9.90 Å². The topological polar surface area (TPSA) is 90.1 Å². The smallest absolute Gasteiger partial charge is 0.341 e. The number of phenolic OH excluding ortho intramolecular Hbond substituents is 1. The van der Waals surface area contributed by atoms with Gasteiger partial charge in [0.15, 0.2) is 5.82 Å². The standard InChI is InChI=1S/C24H21ClN4O3/c1-32-24(31)19-15-29(28-23(19)18-6-2-3-7-20(18)25)22-13-14-26-21(27-22)8-4-5-16-9-11-17(30)12-10-16/h2-3,6-7,9-15,30H,4-5,8H2,1H3. The van der Waals surface area contributed by atoms with Crippen LogP contribution in [0.15, 0.2) is 67.0 Å². The van der Waals surface area contributed by atoms with Crippen molar-refractivity contribution >= 4 is 17.6 Å². The molecule has 0 unspecified atom stereocenters. The first-order valence-corrected chi connectivity index (χ1v) is 10.5. The molecule has 4 aromatic rings. The Morgan fingerprint density at radius 1 is 1.09 bits per heavy atom. The van der Waals surface area contributed by atoms with Gasteiger partial charge >= 0.3 is 5.97 Å². The van der Waals surface area contributed by atoms with Crippen LogP contribution in [0.5, 0.6) is 5.75 Å². The fourth-order valence-corrected chi connectivity index (χ4v) is 3.58. The number of halogens is 1. The minimum absolute atomic E-state index is 0.256. The molecule has 0 atom stereocenters. The molecule has 0 radical (unpaired) electrons. The number of aromatic hydroxyl groups is 1. The van der Waals surface area contributed by atoms with Crippen LogP contribution >= 0.6 is 11.6 Å². The van der Waals surface area contributed by atoms with Gasteiger partial charge in [-0.3, -0.25) is 0 Å². The Morgan fingerprint density at radius 2 is 1.88 bits per heavy atom. The van der Waals surface area contributed by atoms with Crippen LogP contribution in [0, 0.1) is 0 Å². The van der Waals surface area contributed by atoms with E-state index in [1.807, 2.05) is 24.3 Å². The zero-order chi connectivity index (χ0) is 22.5. The van der Waals surface area contributed by atoms with Crippen molar-refractivity contribution in [1.82, 2.24) is 19.7 Å². The van der Waals surface area contributed by atoms with Crippen molar-refractivity contribution in [3.63, 3.8) is 0 Å². The van der Waals surface area contributed by atoms with Crippen molar-refractivity contribution in [2.45, 2.75) is 19.3 Å². The summed E-state index contributed by atoms with van der Waals surface area (Å²) in [5, 5.41) is 14.5. The van der Waals surface area contributed by atoms with Crippen LogP contribution in [0.3, 0.4) is 0 Å². The highest BCUT2D eigenvalue weighted by molar-refractivity contribution is 6.33. The fraction of sp³-hybridized carbons (Fsp3) is 0.167. The van der Waals surface area contributed by atoms with Crippen molar-refractivity contribution in [2.75, 3.05) is 7.11 Å². The minimum Gasteiger partial charge on any atom is -0.508 e. The predicted molar refractivity (Wildman–Crippen MR) is 121 cm³/mol. The second kappa shape index (κ2) is 9.62. The highest BCUT2D eigenvalue weighted by Gasteiger charge is 2.21. The van der Waals surface area contributed by atoms with Gasteiger partial charge in [0.1, 0.15) is 22.8 Å². The van der Waals surface area contributed by atoms with Gasteiger partial charge in [-0.2, -0.15) is 5.10 Å². The number of aromatic nitrogens is 4. The third-order valence-electron chi connectivity index (χ3n) is 4.98. The van der Waals surface area contributed by atoms with E-state index in [4.69, 9.17) is 16.3 Å². The Kier molecular flexibility index (Phi) is 6.47. The number of carbonyl (C=O) groups excluding carboxylic acids is 1. The van der Waals surface area contributed by atoms with E-state index < -0.39 is 5.97 Å². The number of esters is 1. The first-order chi connectivity index (χ1) is 15.5. The molecule has 8 heteroatoms. The molecule has 0 amide bonds. The molecule has 2 aromatic heterocycles. The molecular weight excluding hydrogens is 428 g/mol. The molecule has 2 heterocycles. The number of hydrogen-bond acceptors (Lipinski definition) is 6. The number of ether oxygens (including phenoxy) is 1. The van der Waals surface area contributed by atoms with Gasteiger partial charge < -0.3 is 9.84 Å². The summed E-state index contributed by atoms with van der Waals surface area (Å²) in [6.07, 6.45) is 5.64. The molecule has 0 aliphatic rings. The number of benzene rings is 2. The van der Waals surface area contributed by atoms with Crippen LogP contribution in [-0.2, 0) is 17.6 Å². The zero-order valence-electron chi connectivity index (χ0n) is 17.4. The Balaban J connectivity index is 1.57. The van der Waals surface area contributed by atoms with Crippen LogP contribution in [-0.4, -0.2) is 37.9 Å². The molecule has 0 aliphatic carbocycles. The normalized spacial score (nSPS) is 10.8. The maximum absolute atomic E-state index is 12.4. The van der Waals surface area contributed by atoms with Crippen molar-refractivity contribution in [3.05, 3.63) is 89.0 Å². The highest BCUT2D eigenvalue weighted by atomic mass is 35.5. The molecule has 162 valence electrons. The molecule has 0 saturated carbocycles. The summed E-state index contributed by atoms with van der Waals surface area (Å²) in [5.74, 6) is 0.972. The Labute approximate surface area is 190 Å². The summed E-state index contributed by atoms with van der Waals surface area (Å²) in [4.78, 5) is 21.3. The largest absolute Gasteiger partial charge is 0.508 e. The maximum Gasteiger partial charge on any atom is 0.341 e. The van der Waals surface area contributed by atoms with Crippen LogP contribution in [0.25, 0.3) is 17.1 Å². The molecule has 0 bridgehead atoms. The van der Waals surface area contributed by atoms with Crippen LogP contribution in [0.1, 0.15) is 28.2 Å². The van der Waals surface area contributed by atoms with E-state index in [2.05, 4.69) is 15.1 Å². The monoisotopic (exact) mass is 448 g/mol. The average molecular weight is 449 g/mol. The lowest BCUT2D eigenvalue weighted by Gasteiger charge is -2.05. The Bertz CT molecular complexity index is 1240. The van der Waals surface area contributed by atoms with Crippen LogP contribution in [0.2, 0.25) is 5.02 Å². The molecular formula is C24H21ClN4O3. The molecule has 4 rings (SSSR count). The van der Waals surface area contributed by atoms with Gasteiger partial charge in [-0.15, -0.1) is 0 Å². The molecule has 0 saturated heterocycles. The lowest BCUT2D eigenvalue weighted by molar-refractivity contribution is 0.0601. The van der Waals surface area contributed by atoms with Gasteiger partial charge in [-0.1, -0.05) is 41.9 Å². The summed E-state index contributed by atoms with van der Waals surface area (Å²) in [7, 11) is 1.33. The second-order valence-electron chi connectivity index (χ2n) is 7.16. The van der Waals surface area contributed by atoms with Gasteiger partial charge in [0, 0.05) is 30.4 Å². The number of rotatable bonds is 7. The van der Waals surface area contributed by atoms with Gasteiger partial charge in [0.2, 0.25) is 0 Å². The number of aryl methyl sites for hydroxylation is 2. The third-order valence-corrected chi connectivity index (χ3v) is 5.31. The summed E-state index contributed by atoms with van der Waals surface area (Å²) < 4.78 is 6.47. The van der Waals surface area contributed by atoms with E-state index in [0.29, 0.717) is 39.9 Å². The number of methoxy groups -OCH3 is 1. The fourth-order valence-electron chi connectivity index (χ4n) is 3.35.